The number of benzene rings is 1. The van der Waals surface area contributed by atoms with E-state index in [1.54, 1.807) is 6.33 Å². The van der Waals surface area contributed by atoms with Crippen molar-refractivity contribution in [3.8, 4) is 0 Å². The van der Waals surface area contributed by atoms with Gasteiger partial charge in [-0.2, -0.15) is 0 Å². The van der Waals surface area contributed by atoms with Gasteiger partial charge < -0.3 is 9.88 Å². The quantitative estimate of drug-likeness (QED) is 0.808. The zero-order chi connectivity index (χ0) is 18.4. The van der Waals surface area contributed by atoms with Crippen LogP contribution in [0.5, 0.6) is 0 Å². The summed E-state index contributed by atoms with van der Waals surface area (Å²) in [5.41, 5.74) is 0.954. The van der Waals surface area contributed by atoms with Crippen LogP contribution in [-0.2, 0) is 24.9 Å². The number of nitrogens with zero attached hydrogens (tertiary/aromatic N) is 4. The normalized spacial score (nSPS) is 18.0. The number of hydrogen-bond acceptors (Lipinski definition) is 4. The molecule has 1 aliphatic heterocycles. The molecule has 1 saturated heterocycles. The molecule has 0 radical (unpaired) electrons. The molecule has 26 heavy (non-hydrogen) atoms. The van der Waals surface area contributed by atoms with E-state index in [0.717, 1.165) is 37.4 Å². The maximum atomic E-state index is 12.2. The largest absolute Gasteiger partial charge is 0.352 e. The highest BCUT2D eigenvalue weighted by molar-refractivity contribution is 6.31. The zero-order valence-corrected chi connectivity index (χ0v) is 16.0. The van der Waals surface area contributed by atoms with Crippen molar-refractivity contribution in [3.63, 3.8) is 0 Å². The lowest BCUT2D eigenvalue weighted by molar-refractivity contribution is -0.121. The number of amides is 1. The Labute approximate surface area is 159 Å². The Balaban J connectivity index is 1.40. The highest BCUT2D eigenvalue weighted by Crippen LogP contribution is 2.22. The molecule has 1 unspecified atom stereocenters. The van der Waals surface area contributed by atoms with Gasteiger partial charge in [0.05, 0.1) is 6.54 Å². The third kappa shape index (κ3) is 5.29. The fourth-order valence-corrected chi connectivity index (χ4v) is 3.64. The van der Waals surface area contributed by atoms with Crippen molar-refractivity contribution in [2.45, 2.75) is 38.8 Å². The number of carbonyl (C=O) groups excluding carboxylic acids is 1. The van der Waals surface area contributed by atoms with E-state index >= 15 is 0 Å². The Hall–Kier alpha value is -1.92. The minimum Gasteiger partial charge on any atom is -0.352 e. The molecule has 3 rings (SSSR count). The summed E-state index contributed by atoms with van der Waals surface area (Å²) in [6, 6.07) is 7.61. The van der Waals surface area contributed by atoms with Crippen molar-refractivity contribution >= 4 is 17.5 Å². The van der Waals surface area contributed by atoms with E-state index in [0.29, 0.717) is 23.9 Å². The minimum absolute atomic E-state index is 0.0929. The van der Waals surface area contributed by atoms with E-state index in [-0.39, 0.29) is 5.91 Å². The number of rotatable bonds is 7. The Kier molecular flexibility index (Phi) is 6.63. The smallest absolute Gasteiger partial charge is 0.220 e. The molecule has 0 bridgehead atoms. The first kappa shape index (κ1) is 18.9. The summed E-state index contributed by atoms with van der Waals surface area (Å²) < 4.78 is 1.96. The molecule has 1 fully saturated rings. The number of nitrogens with one attached hydrogen (secondary N) is 1. The lowest BCUT2D eigenvalue weighted by atomic mass is 9.93. The number of piperidine rings is 1. The topological polar surface area (TPSA) is 63.1 Å². The van der Waals surface area contributed by atoms with Crippen LogP contribution in [0.15, 0.2) is 30.6 Å². The maximum absolute atomic E-state index is 12.2. The van der Waals surface area contributed by atoms with Gasteiger partial charge in [0.1, 0.15) is 12.2 Å². The summed E-state index contributed by atoms with van der Waals surface area (Å²) >= 11 is 6.12. The highest BCUT2D eigenvalue weighted by atomic mass is 35.5. The molecule has 1 aliphatic rings. The van der Waals surface area contributed by atoms with Gasteiger partial charge in [-0.3, -0.25) is 9.69 Å². The van der Waals surface area contributed by atoms with Crippen molar-refractivity contribution in [1.29, 1.82) is 0 Å². The van der Waals surface area contributed by atoms with Gasteiger partial charge in [-0.15, -0.1) is 10.2 Å². The van der Waals surface area contributed by atoms with Crippen LogP contribution in [0.25, 0.3) is 0 Å². The van der Waals surface area contributed by atoms with E-state index in [9.17, 15) is 4.79 Å². The predicted octanol–water partition coefficient (Wildman–Crippen LogP) is 2.78. The molecule has 0 saturated carbocycles. The maximum Gasteiger partial charge on any atom is 0.220 e. The third-order valence-electron chi connectivity index (χ3n) is 4.99. The second kappa shape index (κ2) is 9.14. The second-order valence-electron chi connectivity index (χ2n) is 7.01. The number of likely N-dealkylation sites (tertiary alicyclic amines) is 1. The van der Waals surface area contributed by atoms with E-state index < -0.39 is 0 Å². The van der Waals surface area contributed by atoms with Gasteiger partial charge in [0, 0.05) is 31.6 Å². The van der Waals surface area contributed by atoms with Crippen molar-refractivity contribution in [2.75, 3.05) is 13.1 Å². The first-order valence-electron chi connectivity index (χ1n) is 9.17. The second-order valence-corrected chi connectivity index (χ2v) is 7.42. The molecular weight excluding hydrogens is 350 g/mol. The van der Waals surface area contributed by atoms with Crippen molar-refractivity contribution in [3.05, 3.63) is 47.0 Å². The standard InChI is InChI=1S/C19H26ClN5O/c1-24-14-22-23-18(24)13-25-10-4-5-15(12-25)8-9-19(26)21-11-16-6-2-3-7-17(16)20/h2-3,6-7,14-15H,4-5,8-13H2,1H3,(H,21,26). The number of hydrogen-bond donors (Lipinski definition) is 1. The SMILES string of the molecule is Cn1cnnc1CN1CCCC(CCC(=O)NCc2ccccc2Cl)C1. The number of carbonyl (C=O) groups is 1. The molecule has 2 aromatic rings. The zero-order valence-electron chi connectivity index (χ0n) is 15.2. The lowest BCUT2D eigenvalue weighted by Crippen LogP contribution is -2.36. The highest BCUT2D eigenvalue weighted by Gasteiger charge is 2.21. The Bertz CT molecular complexity index is 732. The first-order valence-corrected chi connectivity index (χ1v) is 9.55. The Morgan fingerprint density at radius 3 is 3.00 bits per heavy atom. The van der Waals surface area contributed by atoms with E-state index in [2.05, 4.69) is 20.4 Å². The fourth-order valence-electron chi connectivity index (χ4n) is 3.44. The molecule has 1 aromatic carbocycles. The predicted molar refractivity (Wildman–Crippen MR) is 102 cm³/mol. The molecule has 7 heteroatoms. The first-order chi connectivity index (χ1) is 12.6. The third-order valence-corrected chi connectivity index (χ3v) is 5.36. The van der Waals surface area contributed by atoms with Gasteiger partial charge in [0.2, 0.25) is 5.91 Å². The average Bonchev–Trinajstić information content (AvgIpc) is 3.04. The van der Waals surface area contributed by atoms with Gasteiger partial charge in [0.15, 0.2) is 0 Å². The Morgan fingerprint density at radius 1 is 1.38 bits per heavy atom. The van der Waals surface area contributed by atoms with E-state index in [1.165, 1.54) is 12.8 Å². The van der Waals surface area contributed by atoms with Crippen LogP contribution in [0.3, 0.4) is 0 Å². The lowest BCUT2D eigenvalue weighted by Gasteiger charge is -2.32. The molecule has 1 N–H and O–H groups in total. The molecule has 0 spiro atoms. The van der Waals surface area contributed by atoms with E-state index in [4.69, 9.17) is 11.6 Å². The van der Waals surface area contributed by atoms with Gasteiger partial charge in [-0.1, -0.05) is 29.8 Å². The summed E-state index contributed by atoms with van der Waals surface area (Å²) in [5, 5.41) is 11.8. The summed E-state index contributed by atoms with van der Waals surface area (Å²) in [6.07, 6.45) is 5.58. The van der Waals surface area contributed by atoms with Crippen LogP contribution in [0.4, 0.5) is 0 Å². The fraction of sp³-hybridized carbons (Fsp3) is 0.526. The summed E-state index contributed by atoms with van der Waals surface area (Å²) in [5.74, 6) is 1.64. The van der Waals surface area contributed by atoms with Crippen LogP contribution in [-0.4, -0.2) is 38.7 Å². The van der Waals surface area contributed by atoms with Gasteiger partial charge in [-0.05, 0) is 43.4 Å². The summed E-state index contributed by atoms with van der Waals surface area (Å²) in [6.45, 7) is 3.42. The molecule has 140 valence electrons. The molecule has 1 amide bonds. The summed E-state index contributed by atoms with van der Waals surface area (Å²) in [7, 11) is 1.97. The van der Waals surface area contributed by atoms with Crippen LogP contribution < -0.4 is 5.32 Å². The molecule has 2 heterocycles. The minimum atomic E-state index is 0.0929. The van der Waals surface area contributed by atoms with Crippen molar-refractivity contribution in [1.82, 2.24) is 25.0 Å². The molecule has 1 aromatic heterocycles. The number of aryl methyl sites for hydroxylation is 1. The van der Waals surface area contributed by atoms with E-state index in [1.807, 2.05) is 35.9 Å². The average molecular weight is 376 g/mol. The Morgan fingerprint density at radius 2 is 2.23 bits per heavy atom. The monoisotopic (exact) mass is 375 g/mol. The molecule has 0 aliphatic carbocycles. The number of aromatic nitrogens is 3. The van der Waals surface area contributed by atoms with Gasteiger partial charge in [-0.25, -0.2) is 0 Å². The summed E-state index contributed by atoms with van der Waals surface area (Å²) in [4.78, 5) is 14.6. The van der Waals surface area contributed by atoms with Crippen molar-refractivity contribution in [2.24, 2.45) is 13.0 Å². The van der Waals surface area contributed by atoms with Gasteiger partial charge >= 0.3 is 0 Å². The van der Waals surface area contributed by atoms with Crippen LogP contribution in [0.1, 0.15) is 37.1 Å². The molecule has 6 nitrogen and oxygen atoms in total. The van der Waals surface area contributed by atoms with Crippen LogP contribution in [0, 0.1) is 5.92 Å². The van der Waals surface area contributed by atoms with Crippen LogP contribution in [0.2, 0.25) is 5.02 Å². The van der Waals surface area contributed by atoms with Gasteiger partial charge in [0.25, 0.3) is 0 Å². The molecule has 1 atom stereocenters. The van der Waals surface area contributed by atoms with Crippen molar-refractivity contribution < 1.29 is 4.79 Å². The van der Waals surface area contributed by atoms with Crippen LogP contribution >= 0.6 is 11.6 Å². The molecular formula is C19H26ClN5O. The number of halogens is 1.